The summed E-state index contributed by atoms with van der Waals surface area (Å²) >= 11 is 0. The number of fused-ring (bicyclic) bond motifs is 1. The van der Waals surface area contributed by atoms with Gasteiger partial charge in [-0.2, -0.15) is 5.26 Å². The number of ether oxygens (including phenoxy) is 2. The van der Waals surface area contributed by atoms with Gasteiger partial charge in [0.25, 0.3) is 0 Å². The second-order valence-corrected chi connectivity index (χ2v) is 6.67. The summed E-state index contributed by atoms with van der Waals surface area (Å²) in [5.74, 6) is 1.05. The van der Waals surface area contributed by atoms with E-state index < -0.39 is 6.09 Å². The maximum Gasteiger partial charge on any atom is 0.416 e. The van der Waals surface area contributed by atoms with Crippen LogP contribution in [0.1, 0.15) is 25.8 Å². The molecular weight excluding hydrogens is 366 g/mol. The van der Waals surface area contributed by atoms with Gasteiger partial charge in [-0.25, -0.2) is 4.79 Å². The predicted octanol–water partition coefficient (Wildman–Crippen LogP) is 5.68. The molecule has 0 radical (unpaired) electrons. The fraction of sp³-hybridized carbons (Fsp3) is 0.217. The van der Waals surface area contributed by atoms with Crippen molar-refractivity contribution in [1.29, 1.82) is 5.26 Å². The molecule has 0 saturated carbocycles. The zero-order chi connectivity index (χ0) is 21.0. The minimum atomic E-state index is -0.603. The first-order valence-corrected chi connectivity index (χ1v) is 9.33. The predicted molar refractivity (Wildman–Crippen MR) is 114 cm³/mol. The molecule has 6 nitrogen and oxygen atoms in total. The fourth-order valence-electron chi connectivity index (χ4n) is 3.37. The highest BCUT2D eigenvalue weighted by Crippen LogP contribution is 2.36. The smallest absolute Gasteiger partial charge is 0.416 e. The molecule has 3 aromatic rings. The number of nitriles is 1. The summed E-state index contributed by atoms with van der Waals surface area (Å²) < 4.78 is 12.5. The third kappa shape index (κ3) is 4.09. The number of carbonyl (C=O) groups excluding carboxylic acids is 1. The van der Waals surface area contributed by atoms with Crippen molar-refractivity contribution in [3.05, 3.63) is 60.4 Å². The third-order valence-corrected chi connectivity index (χ3v) is 4.48. The first-order chi connectivity index (χ1) is 14.0. The molecular formula is C23H23N3O3. The molecule has 0 saturated heterocycles. The lowest BCUT2D eigenvalue weighted by atomic mass is 10.1. The largest absolute Gasteiger partial charge is 0.497 e. The van der Waals surface area contributed by atoms with E-state index in [1.807, 2.05) is 36.4 Å². The third-order valence-electron chi connectivity index (χ3n) is 4.48. The van der Waals surface area contributed by atoms with Crippen LogP contribution in [-0.4, -0.2) is 17.8 Å². The van der Waals surface area contributed by atoms with Crippen molar-refractivity contribution in [1.82, 2.24) is 4.57 Å². The van der Waals surface area contributed by atoms with E-state index in [0.29, 0.717) is 17.0 Å². The second-order valence-electron chi connectivity index (χ2n) is 6.67. The Labute approximate surface area is 170 Å². The summed E-state index contributed by atoms with van der Waals surface area (Å²) in [5, 5.41) is 13.5. The van der Waals surface area contributed by atoms with Crippen LogP contribution in [0.3, 0.4) is 0 Å². The van der Waals surface area contributed by atoms with Crippen LogP contribution in [0.25, 0.3) is 22.2 Å². The van der Waals surface area contributed by atoms with Gasteiger partial charge in [0.05, 0.1) is 29.6 Å². The minimum Gasteiger partial charge on any atom is -0.497 e. The zero-order valence-electron chi connectivity index (χ0n) is 16.8. The van der Waals surface area contributed by atoms with Crippen LogP contribution in [-0.2, 0) is 11.3 Å². The number of hydrogen-bond donors (Lipinski definition) is 1. The van der Waals surface area contributed by atoms with Crippen molar-refractivity contribution in [3.63, 3.8) is 0 Å². The number of allylic oxidation sites excluding steroid dienone is 1. The Morgan fingerprint density at radius 2 is 2.07 bits per heavy atom. The van der Waals surface area contributed by atoms with Crippen molar-refractivity contribution in [3.8, 4) is 23.1 Å². The molecule has 3 rings (SSSR count). The molecule has 0 aliphatic rings. The molecule has 0 aliphatic carbocycles. The Bertz CT molecular complexity index is 1120. The topological polar surface area (TPSA) is 76.3 Å². The first kappa shape index (κ1) is 20.0. The number of methoxy groups -OCH3 is 1. The fourth-order valence-corrected chi connectivity index (χ4v) is 3.37. The Morgan fingerprint density at radius 1 is 1.28 bits per heavy atom. The maximum absolute atomic E-state index is 11.9. The Morgan fingerprint density at radius 3 is 2.72 bits per heavy atom. The average molecular weight is 389 g/mol. The molecule has 0 fully saturated rings. The van der Waals surface area contributed by atoms with Gasteiger partial charge >= 0.3 is 6.09 Å². The number of hydrogen-bond acceptors (Lipinski definition) is 4. The van der Waals surface area contributed by atoms with E-state index in [0.717, 1.165) is 40.9 Å². The monoisotopic (exact) mass is 389 g/mol. The first-order valence-electron chi connectivity index (χ1n) is 9.33. The number of benzene rings is 2. The molecule has 148 valence electrons. The highest BCUT2D eigenvalue weighted by atomic mass is 16.6. The quantitative estimate of drug-likeness (QED) is 0.550. The zero-order valence-corrected chi connectivity index (χ0v) is 16.8. The SMILES string of the molecule is C=C(C)OC(=O)Nc1cccc(-c2c(C#N)c3ccc(OC)cc3n2CCC)c1. The van der Waals surface area contributed by atoms with Crippen LogP contribution in [0.2, 0.25) is 0 Å². The number of aryl methyl sites for hydroxylation is 1. The number of anilines is 1. The van der Waals surface area contributed by atoms with Gasteiger partial charge < -0.3 is 14.0 Å². The Kier molecular flexibility index (Phi) is 5.89. The van der Waals surface area contributed by atoms with Crippen molar-refractivity contribution < 1.29 is 14.3 Å². The molecule has 1 amide bonds. The molecule has 2 aromatic carbocycles. The summed E-state index contributed by atoms with van der Waals surface area (Å²) in [6, 6.07) is 15.4. The Hall–Kier alpha value is -3.72. The lowest BCUT2D eigenvalue weighted by molar-refractivity contribution is 0.192. The van der Waals surface area contributed by atoms with Crippen LogP contribution >= 0.6 is 0 Å². The summed E-state index contributed by atoms with van der Waals surface area (Å²) in [6.07, 6.45) is 0.302. The van der Waals surface area contributed by atoms with Crippen molar-refractivity contribution in [2.45, 2.75) is 26.8 Å². The molecule has 0 atom stereocenters. The van der Waals surface area contributed by atoms with Crippen LogP contribution in [0.15, 0.2) is 54.8 Å². The second kappa shape index (κ2) is 8.53. The normalized spacial score (nSPS) is 10.4. The highest BCUT2D eigenvalue weighted by molar-refractivity contribution is 5.96. The van der Waals surface area contributed by atoms with E-state index in [2.05, 4.69) is 29.5 Å². The molecule has 0 bridgehead atoms. The minimum absolute atomic E-state index is 0.308. The molecule has 1 heterocycles. The van der Waals surface area contributed by atoms with Gasteiger partial charge in [-0.05, 0) is 37.6 Å². The van der Waals surface area contributed by atoms with E-state index >= 15 is 0 Å². The molecule has 0 spiro atoms. The van der Waals surface area contributed by atoms with Gasteiger partial charge in [-0.1, -0.05) is 25.6 Å². The lowest BCUT2D eigenvalue weighted by Gasteiger charge is -2.12. The maximum atomic E-state index is 11.9. The molecule has 0 unspecified atom stereocenters. The highest BCUT2D eigenvalue weighted by Gasteiger charge is 2.19. The molecule has 6 heteroatoms. The lowest BCUT2D eigenvalue weighted by Crippen LogP contribution is -2.12. The van der Waals surface area contributed by atoms with Crippen LogP contribution in [0.4, 0.5) is 10.5 Å². The number of amides is 1. The molecule has 1 N–H and O–H groups in total. The van der Waals surface area contributed by atoms with Gasteiger partial charge in [0, 0.05) is 29.2 Å². The van der Waals surface area contributed by atoms with E-state index in [1.165, 1.54) is 0 Å². The van der Waals surface area contributed by atoms with Crippen LogP contribution < -0.4 is 10.1 Å². The van der Waals surface area contributed by atoms with E-state index in [-0.39, 0.29) is 0 Å². The van der Waals surface area contributed by atoms with Crippen molar-refractivity contribution in [2.75, 3.05) is 12.4 Å². The summed E-state index contributed by atoms with van der Waals surface area (Å²) in [4.78, 5) is 11.9. The molecule has 1 aromatic heterocycles. The number of carbonyl (C=O) groups is 1. The van der Waals surface area contributed by atoms with E-state index in [4.69, 9.17) is 9.47 Å². The number of nitrogens with one attached hydrogen (secondary N) is 1. The summed E-state index contributed by atoms with van der Waals surface area (Å²) in [6.45, 7) is 8.00. The van der Waals surface area contributed by atoms with E-state index in [1.54, 1.807) is 20.1 Å². The number of aromatic nitrogens is 1. The molecule has 29 heavy (non-hydrogen) atoms. The van der Waals surface area contributed by atoms with Gasteiger partial charge in [-0.15, -0.1) is 0 Å². The van der Waals surface area contributed by atoms with Gasteiger partial charge in [0.2, 0.25) is 0 Å². The van der Waals surface area contributed by atoms with Crippen molar-refractivity contribution in [2.24, 2.45) is 0 Å². The van der Waals surface area contributed by atoms with Crippen LogP contribution in [0.5, 0.6) is 5.75 Å². The van der Waals surface area contributed by atoms with Crippen LogP contribution in [0, 0.1) is 11.3 Å². The summed E-state index contributed by atoms with van der Waals surface area (Å²) in [7, 11) is 1.62. The number of rotatable bonds is 6. The standard InChI is InChI=1S/C23H23N3O3/c1-5-11-26-21-13-18(28-4)9-10-19(21)20(14-24)22(26)16-7-6-8-17(12-16)25-23(27)29-15(2)3/h6-10,12-13H,2,5,11H2,1,3-4H3,(H,25,27). The van der Waals surface area contributed by atoms with E-state index in [9.17, 15) is 10.1 Å². The van der Waals surface area contributed by atoms with Gasteiger partial charge in [0.1, 0.15) is 11.8 Å². The number of nitrogens with zero attached hydrogens (tertiary/aromatic N) is 2. The van der Waals surface area contributed by atoms with Gasteiger partial charge in [0.15, 0.2) is 0 Å². The summed E-state index contributed by atoms with van der Waals surface area (Å²) in [5.41, 5.74) is 3.76. The van der Waals surface area contributed by atoms with Crippen molar-refractivity contribution >= 4 is 22.7 Å². The molecule has 0 aliphatic heterocycles. The van der Waals surface area contributed by atoms with Gasteiger partial charge in [-0.3, -0.25) is 5.32 Å². The Balaban J connectivity index is 2.15. The average Bonchev–Trinajstić information content (AvgIpc) is 3.00.